The molecule has 68 heavy (non-hydrogen) atoms. The predicted molar refractivity (Wildman–Crippen MR) is 287 cm³/mol. The van der Waals surface area contributed by atoms with Crippen LogP contribution in [0.1, 0.15) is 72.3 Å². The third-order valence-electron chi connectivity index (χ3n) is 14.4. The van der Waals surface area contributed by atoms with E-state index in [1.807, 2.05) is 48.5 Å². The Morgan fingerprint density at radius 1 is 0.471 bits per heavy atom. The van der Waals surface area contributed by atoms with Crippen molar-refractivity contribution in [2.45, 2.75) is 30.6 Å². The molecule has 0 heterocycles. The van der Waals surface area contributed by atoms with Gasteiger partial charge in [0.05, 0.1) is 12.3 Å². The fourth-order valence-corrected chi connectivity index (χ4v) is 11.2. The van der Waals surface area contributed by atoms with Crippen LogP contribution < -0.4 is 4.90 Å². The number of fused-ring (bicyclic) bond motifs is 7. The fraction of sp³-hybridized carbons (Fsp3) is 0.0746. The molecule has 10 aromatic rings. The van der Waals surface area contributed by atoms with Crippen LogP contribution in [-0.2, 0) is 5.41 Å². The first-order valence-electron chi connectivity index (χ1n) is 26.7. The highest BCUT2D eigenvalue weighted by atomic mass is 15.1. The quantitative estimate of drug-likeness (QED) is 0.138. The number of benzene rings is 10. The van der Waals surface area contributed by atoms with E-state index >= 15 is 0 Å². The first kappa shape index (κ1) is 34.1. The van der Waals surface area contributed by atoms with Crippen LogP contribution in [0.15, 0.2) is 260 Å². The minimum atomic E-state index is -1.29. The maximum Gasteiger partial charge on any atom is 0.0714 e. The van der Waals surface area contributed by atoms with Crippen molar-refractivity contribution < 1.29 is 8.22 Å². The predicted octanol–water partition coefficient (Wildman–Crippen LogP) is 17.5. The largest absolute Gasteiger partial charge is 0.314 e. The number of allylic oxidation sites excluding steroid dienone is 8. The lowest BCUT2D eigenvalue weighted by molar-refractivity contribution is 0.768. The summed E-state index contributed by atoms with van der Waals surface area (Å²) in [5, 5.41) is 6.21. The molecule has 0 saturated carbocycles. The molecule has 0 spiro atoms. The van der Waals surface area contributed by atoms with Gasteiger partial charge in [-0.25, -0.2) is 0 Å². The molecule has 0 radical (unpaired) electrons. The maximum atomic E-state index is 9.96. The molecule has 13 rings (SSSR count). The molecule has 0 bridgehead atoms. The molecule has 1 nitrogen and oxygen atoms in total. The smallest absolute Gasteiger partial charge is 0.0714 e. The fourth-order valence-electron chi connectivity index (χ4n) is 11.2. The molecule has 0 aromatic heterocycles. The normalized spacial score (nSPS) is 18.7. The summed E-state index contributed by atoms with van der Waals surface area (Å²) < 4.78 is 58.0. The molecule has 0 aliphatic heterocycles. The van der Waals surface area contributed by atoms with Crippen molar-refractivity contribution in [3.05, 3.63) is 299 Å². The van der Waals surface area contributed by atoms with E-state index in [2.05, 4.69) is 169 Å². The Balaban J connectivity index is 0.973. The summed E-state index contributed by atoms with van der Waals surface area (Å²) in [5.74, 6) is -1.10. The van der Waals surface area contributed by atoms with Crippen molar-refractivity contribution >= 4 is 54.8 Å². The van der Waals surface area contributed by atoms with E-state index in [1.54, 1.807) is 12.1 Å². The molecule has 3 aliphatic rings. The lowest BCUT2D eigenvalue weighted by Crippen LogP contribution is -2.29. The van der Waals surface area contributed by atoms with Gasteiger partial charge in [0.25, 0.3) is 0 Å². The SMILES string of the molecule is [2H]C1=C([2H])C(c2cc([2H])c(N(C3=CC=C(c4cccc5ccccc45)CC3)c3ccc4c(c3)C(c3ccccc3)(c3ccccc3)c3ccccc3-4)cc2[2H])C([2H])C([2H])=C1c1cc2ccccc2c2ccccc12. The lowest BCUT2D eigenvalue weighted by atomic mass is 9.67. The van der Waals surface area contributed by atoms with Gasteiger partial charge in [-0.2, -0.15) is 0 Å². The highest BCUT2D eigenvalue weighted by molar-refractivity contribution is 6.12. The summed E-state index contributed by atoms with van der Waals surface area (Å²) in [4.78, 5) is 2.13. The van der Waals surface area contributed by atoms with Crippen LogP contribution in [0.25, 0.3) is 54.6 Å². The van der Waals surface area contributed by atoms with Gasteiger partial charge in [-0.3, -0.25) is 0 Å². The Morgan fingerprint density at radius 3 is 1.93 bits per heavy atom. The van der Waals surface area contributed by atoms with Crippen molar-refractivity contribution in [1.29, 1.82) is 0 Å². The van der Waals surface area contributed by atoms with Crippen LogP contribution in [-0.4, -0.2) is 0 Å². The van der Waals surface area contributed by atoms with Gasteiger partial charge in [0.2, 0.25) is 0 Å². The van der Waals surface area contributed by atoms with E-state index in [0.29, 0.717) is 17.7 Å². The second-order valence-corrected chi connectivity index (χ2v) is 18.0. The van der Waals surface area contributed by atoms with Gasteiger partial charge in [0.15, 0.2) is 0 Å². The standard InChI is InChI=1S/C67H49N/c1-3-19-52(20-4-1)67(53-21-5-2-6-22-53)65-29-14-13-27-62(65)63-43-42-56(45-66(63)67)68(55-40-36-49(37-41-55)58-28-15-18-48-16-7-9-23-57(48)58)54-38-34-47(35-39-54)46-30-32-50(33-31-46)64-44-51-17-8-10-24-59(51)60-25-11-12-26-61(60)64/h1-30,32-36,38-40,42-46H,31,37,41H2/i30D,31D,32D,33D,34D,39D. The highest BCUT2D eigenvalue weighted by Crippen LogP contribution is 2.57. The molecule has 2 unspecified atom stereocenters. The van der Waals surface area contributed by atoms with Crippen LogP contribution in [0.3, 0.4) is 0 Å². The van der Waals surface area contributed by atoms with Crippen LogP contribution in [0, 0.1) is 0 Å². The second-order valence-electron chi connectivity index (χ2n) is 18.0. The average Bonchev–Trinajstić information content (AvgIpc) is 3.75. The third kappa shape index (κ3) is 6.53. The molecule has 322 valence electrons. The number of nitrogens with zero attached hydrogens (tertiary/aromatic N) is 1. The zero-order valence-corrected chi connectivity index (χ0v) is 37.4. The Bertz CT molecular complexity index is 4010. The van der Waals surface area contributed by atoms with Crippen molar-refractivity contribution in [1.82, 2.24) is 0 Å². The molecule has 3 aliphatic carbocycles. The summed E-state index contributed by atoms with van der Waals surface area (Å²) in [6.45, 7) is 0. The van der Waals surface area contributed by atoms with Gasteiger partial charge in [0.1, 0.15) is 0 Å². The number of hydrogen-bond acceptors (Lipinski definition) is 1. The molecule has 0 amide bonds. The second kappa shape index (κ2) is 16.6. The molecule has 0 saturated heterocycles. The Morgan fingerprint density at radius 2 is 1.13 bits per heavy atom. The van der Waals surface area contributed by atoms with Gasteiger partial charge in [0, 0.05) is 24.4 Å². The molecule has 10 aromatic carbocycles. The summed E-state index contributed by atoms with van der Waals surface area (Å²) in [6.07, 6.45) is 4.48. The Hall–Kier alpha value is -8.26. The van der Waals surface area contributed by atoms with Crippen LogP contribution in [0.4, 0.5) is 11.4 Å². The van der Waals surface area contributed by atoms with E-state index in [0.717, 1.165) is 67.2 Å². The molecule has 0 fully saturated rings. The van der Waals surface area contributed by atoms with Gasteiger partial charge in [-0.1, -0.05) is 218 Å². The third-order valence-corrected chi connectivity index (χ3v) is 14.4. The number of anilines is 2. The van der Waals surface area contributed by atoms with Crippen molar-refractivity contribution in [2.75, 3.05) is 4.90 Å². The first-order chi connectivity index (χ1) is 36.2. The zero-order chi connectivity index (χ0) is 50.2. The van der Waals surface area contributed by atoms with Crippen LogP contribution >= 0.6 is 0 Å². The van der Waals surface area contributed by atoms with Crippen LogP contribution in [0.2, 0.25) is 0 Å². The molecule has 1 heteroatoms. The van der Waals surface area contributed by atoms with Gasteiger partial charge >= 0.3 is 0 Å². The van der Waals surface area contributed by atoms with E-state index in [4.69, 9.17) is 0 Å². The summed E-state index contributed by atoms with van der Waals surface area (Å²) in [6, 6.07) is 72.7. The maximum absolute atomic E-state index is 9.96. The van der Waals surface area contributed by atoms with E-state index < -0.39 is 17.7 Å². The molecular weight excluding hydrogens is 819 g/mol. The minimum Gasteiger partial charge on any atom is -0.314 e. The minimum absolute atomic E-state index is 0.0492. The van der Waals surface area contributed by atoms with Gasteiger partial charge in [-0.05, 0) is 149 Å². The highest BCUT2D eigenvalue weighted by Gasteiger charge is 2.46. The summed E-state index contributed by atoms with van der Waals surface area (Å²) in [7, 11) is 0. The monoisotopic (exact) mass is 873 g/mol. The van der Waals surface area contributed by atoms with Crippen molar-refractivity contribution in [2.24, 2.45) is 0 Å². The topological polar surface area (TPSA) is 3.24 Å². The molecule has 2 atom stereocenters. The van der Waals surface area contributed by atoms with E-state index in [-0.39, 0.29) is 41.4 Å². The van der Waals surface area contributed by atoms with E-state index in [1.165, 1.54) is 27.5 Å². The first-order valence-corrected chi connectivity index (χ1v) is 23.6. The summed E-state index contributed by atoms with van der Waals surface area (Å²) in [5.41, 5.74) is 12.1. The van der Waals surface area contributed by atoms with Crippen molar-refractivity contribution in [3.63, 3.8) is 0 Å². The Labute approximate surface area is 407 Å². The number of hydrogen-bond donors (Lipinski definition) is 0. The Kier molecular flexibility index (Phi) is 8.31. The molecule has 0 N–H and O–H groups in total. The zero-order valence-electron chi connectivity index (χ0n) is 43.4. The van der Waals surface area contributed by atoms with Gasteiger partial charge in [-0.15, -0.1) is 0 Å². The average molecular weight is 874 g/mol. The van der Waals surface area contributed by atoms with E-state index in [9.17, 15) is 8.22 Å². The van der Waals surface area contributed by atoms with Gasteiger partial charge < -0.3 is 4.90 Å². The number of rotatable bonds is 8. The summed E-state index contributed by atoms with van der Waals surface area (Å²) >= 11 is 0. The van der Waals surface area contributed by atoms with Crippen molar-refractivity contribution in [3.8, 4) is 11.1 Å². The van der Waals surface area contributed by atoms with Crippen LogP contribution in [0.5, 0.6) is 0 Å². The lowest BCUT2D eigenvalue weighted by Gasteiger charge is -2.35. The molecular formula is C67H49N.